The van der Waals surface area contributed by atoms with E-state index in [1.54, 1.807) is 0 Å². The zero-order valence-electron chi connectivity index (χ0n) is 10.8. The molecule has 0 radical (unpaired) electrons. The highest BCUT2D eigenvalue weighted by Crippen LogP contribution is 2.20. The van der Waals surface area contributed by atoms with Gasteiger partial charge in [0.25, 0.3) is 0 Å². The van der Waals surface area contributed by atoms with Crippen molar-refractivity contribution in [2.24, 2.45) is 5.92 Å². The summed E-state index contributed by atoms with van der Waals surface area (Å²) in [6.45, 7) is 11.3. The van der Waals surface area contributed by atoms with Crippen LogP contribution in [0.1, 0.15) is 34.6 Å². The van der Waals surface area contributed by atoms with Crippen molar-refractivity contribution in [3.8, 4) is 0 Å². The number of esters is 1. The Hall–Kier alpha value is -0.990. The summed E-state index contributed by atoms with van der Waals surface area (Å²) in [6.07, 6.45) is 0. The average Bonchev–Trinajstić information content (AvgIpc) is 2.31. The van der Waals surface area contributed by atoms with Crippen LogP contribution in [0.4, 0.5) is 0 Å². The molecule has 1 aliphatic rings. The molecule has 1 aliphatic heterocycles. The number of carbonyl (C=O) groups excluding carboxylic acids is 1. The van der Waals surface area contributed by atoms with Crippen LogP contribution in [0.25, 0.3) is 0 Å². The molecule has 1 rings (SSSR count). The molecule has 1 heterocycles. The van der Waals surface area contributed by atoms with Crippen molar-refractivity contribution < 1.29 is 9.53 Å². The second kappa shape index (κ2) is 6.49. The second-order valence-electron chi connectivity index (χ2n) is 3.71. The number of ether oxygens (including phenoxy) is 1. The van der Waals surface area contributed by atoms with E-state index in [1.165, 1.54) is 0 Å². The third-order valence-electron chi connectivity index (χ3n) is 2.42. The minimum atomic E-state index is -0.156. The lowest BCUT2D eigenvalue weighted by Gasteiger charge is -2.19. The lowest BCUT2D eigenvalue weighted by molar-refractivity contribution is -0.139. The van der Waals surface area contributed by atoms with E-state index < -0.39 is 0 Å². The molecule has 88 valence electrons. The van der Waals surface area contributed by atoms with E-state index >= 15 is 0 Å². The van der Waals surface area contributed by atoms with Gasteiger partial charge in [0.15, 0.2) is 0 Å². The minimum Gasteiger partial charge on any atom is -0.460 e. The number of cyclic esters (lactones) is 1. The van der Waals surface area contributed by atoms with Crippen molar-refractivity contribution in [3.63, 3.8) is 0 Å². The Morgan fingerprint density at radius 3 is 2.33 bits per heavy atom. The third-order valence-corrected chi connectivity index (χ3v) is 2.42. The molecule has 3 nitrogen and oxygen atoms in total. The first-order valence-corrected chi connectivity index (χ1v) is 5.63. The largest absolute Gasteiger partial charge is 0.460 e. The molecule has 0 aromatic carbocycles. The SMILES string of the molecule is CC.CC1=C(C(C)C)C(=O)OCCN1C. The van der Waals surface area contributed by atoms with E-state index in [1.807, 2.05) is 41.7 Å². The predicted molar refractivity (Wildman–Crippen MR) is 62.5 cm³/mol. The number of likely N-dealkylation sites (N-methyl/N-ethyl adjacent to an activating group) is 1. The van der Waals surface area contributed by atoms with Crippen LogP contribution in [0.5, 0.6) is 0 Å². The first kappa shape index (κ1) is 14.0. The average molecular weight is 213 g/mol. The van der Waals surface area contributed by atoms with Gasteiger partial charge in [0, 0.05) is 12.7 Å². The second-order valence-corrected chi connectivity index (χ2v) is 3.71. The summed E-state index contributed by atoms with van der Waals surface area (Å²) in [6, 6.07) is 0. The van der Waals surface area contributed by atoms with Crippen LogP contribution in [-0.2, 0) is 9.53 Å². The number of allylic oxidation sites excluding steroid dienone is 1. The maximum atomic E-state index is 11.5. The molecule has 0 aromatic heterocycles. The number of hydrogen-bond acceptors (Lipinski definition) is 3. The predicted octanol–water partition coefficient (Wildman–Crippen LogP) is 2.43. The van der Waals surface area contributed by atoms with Crippen molar-refractivity contribution in [2.45, 2.75) is 34.6 Å². The summed E-state index contributed by atoms with van der Waals surface area (Å²) in [7, 11) is 1.99. The van der Waals surface area contributed by atoms with E-state index in [0.29, 0.717) is 6.61 Å². The Bertz CT molecular complexity index is 244. The molecule has 3 heteroatoms. The summed E-state index contributed by atoms with van der Waals surface area (Å²) in [5.41, 5.74) is 1.84. The number of hydrogen-bond donors (Lipinski definition) is 0. The van der Waals surface area contributed by atoms with Gasteiger partial charge >= 0.3 is 5.97 Å². The summed E-state index contributed by atoms with van der Waals surface area (Å²) in [4.78, 5) is 13.6. The van der Waals surface area contributed by atoms with Gasteiger partial charge in [-0.1, -0.05) is 27.7 Å². The van der Waals surface area contributed by atoms with Crippen LogP contribution >= 0.6 is 0 Å². The molecule has 0 aromatic rings. The Balaban J connectivity index is 0.000000921. The van der Waals surface area contributed by atoms with E-state index in [-0.39, 0.29) is 11.9 Å². The monoisotopic (exact) mass is 213 g/mol. The van der Waals surface area contributed by atoms with E-state index in [0.717, 1.165) is 17.8 Å². The van der Waals surface area contributed by atoms with Crippen LogP contribution in [0.3, 0.4) is 0 Å². The third kappa shape index (κ3) is 3.57. The van der Waals surface area contributed by atoms with Crippen LogP contribution in [0, 0.1) is 5.92 Å². The topological polar surface area (TPSA) is 29.5 Å². The van der Waals surface area contributed by atoms with Crippen molar-refractivity contribution in [3.05, 3.63) is 11.3 Å². The molecule has 0 aliphatic carbocycles. The normalized spacial score (nSPS) is 17.0. The van der Waals surface area contributed by atoms with Gasteiger partial charge in [-0.2, -0.15) is 0 Å². The smallest absolute Gasteiger partial charge is 0.336 e. The molecule has 0 saturated carbocycles. The standard InChI is InChI=1S/C10H17NO2.C2H6/c1-7(2)9-8(3)11(4)5-6-13-10(9)12;1-2/h7H,5-6H2,1-4H3;1-2H3. The molecule has 15 heavy (non-hydrogen) atoms. The number of carbonyl (C=O) groups is 1. The molecule has 0 spiro atoms. The lowest BCUT2D eigenvalue weighted by Crippen LogP contribution is -2.20. The molecule has 0 bridgehead atoms. The lowest BCUT2D eigenvalue weighted by atomic mass is 10.0. The van der Waals surface area contributed by atoms with Gasteiger partial charge < -0.3 is 9.64 Å². The van der Waals surface area contributed by atoms with Crippen LogP contribution in [0.15, 0.2) is 11.3 Å². The zero-order valence-corrected chi connectivity index (χ0v) is 10.8. The van der Waals surface area contributed by atoms with Crippen molar-refractivity contribution >= 4 is 5.97 Å². The van der Waals surface area contributed by atoms with Gasteiger partial charge in [0.05, 0.1) is 12.1 Å². The molecule has 0 fully saturated rings. The Morgan fingerprint density at radius 1 is 1.33 bits per heavy atom. The van der Waals surface area contributed by atoms with Crippen molar-refractivity contribution in [2.75, 3.05) is 20.2 Å². The van der Waals surface area contributed by atoms with E-state index in [9.17, 15) is 4.79 Å². The van der Waals surface area contributed by atoms with Crippen LogP contribution in [0.2, 0.25) is 0 Å². The fourth-order valence-electron chi connectivity index (χ4n) is 1.53. The van der Waals surface area contributed by atoms with Gasteiger partial charge in [-0.3, -0.25) is 0 Å². The molecule has 0 amide bonds. The molecule has 0 atom stereocenters. The van der Waals surface area contributed by atoms with Crippen molar-refractivity contribution in [1.29, 1.82) is 0 Å². The summed E-state index contributed by atoms with van der Waals surface area (Å²) in [5, 5.41) is 0. The summed E-state index contributed by atoms with van der Waals surface area (Å²) >= 11 is 0. The number of rotatable bonds is 1. The highest BCUT2D eigenvalue weighted by molar-refractivity contribution is 5.89. The molecular formula is C12H23NO2. The van der Waals surface area contributed by atoms with Gasteiger partial charge in [-0.15, -0.1) is 0 Å². The summed E-state index contributed by atoms with van der Waals surface area (Å²) in [5.74, 6) is 0.0740. The van der Waals surface area contributed by atoms with Gasteiger partial charge in [-0.25, -0.2) is 4.79 Å². The highest BCUT2D eigenvalue weighted by atomic mass is 16.5. The number of nitrogens with zero attached hydrogens (tertiary/aromatic N) is 1. The van der Waals surface area contributed by atoms with E-state index in [4.69, 9.17) is 4.74 Å². The molecular weight excluding hydrogens is 190 g/mol. The minimum absolute atomic E-state index is 0.156. The maximum Gasteiger partial charge on any atom is 0.336 e. The quantitative estimate of drug-likeness (QED) is 0.627. The molecule has 0 unspecified atom stereocenters. The first-order chi connectivity index (χ1) is 7.04. The first-order valence-electron chi connectivity index (χ1n) is 5.63. The Kier molecular flexibility index (Phi) is 6.06. The molecule has 0 N–H and O–H groups in total. The molecule has 0 saturated heterocycles. The van der Waals surface area contributed by atoms with Crippen molar-refractivity contribution in [1.82, 2.24) is 4.90 Å². The Morgan fingerprint density at radius 2 is 1.87 bits per heavy atom. The van der Waals surface area contributed by atoms with Crippen LogP contribution in [-0.4, -0.2) is 31.1 Å². The summed E-state index contributed by atoms with van der Waals surface area (Å²) < 4.78 is 5.08. The maximum absolute atomic E-state index is 11.5. The Labute approximate surface area is 93.1 Å². The van der Waals surface area contributed by atoms with E-state index in [2.05, 4.69) is 4.90 Å². The van der Waals surface area contributed by atoms with Gasteiger partial charge in [-0.05, 0) is 12.8 Å². The fraction of sp³-hybridized carbons (Fsp3) is 0.750. The fourth-order valence-corrected chi connectivity index (χ4v) is 1.53. The zero-order chi connectivity index (χ0) is 12.0. The van der Waals surface area contributed by atoms with Gasteiger partial charge in [0.2, 0.25) is 0 Å². The highest BCUT2D eigenvalue weighted by Gasteiger charge is 2.22. The van der Waals surface area contributed by atoms with Gasteiger partial charge in [0.1, 0.15) is 6.61 Å². The van der Waals surface area contributed by atoms with Crippen LogP contribution < -0.4 is 0 Å².